The van der Waals surface area contributed by atoms with Gasteiger partial charge in [-0.25, -0.2) is 4.39 Å². The second kappa shape index (κ2) is 4.01. The van der Waals surface area contributed by atoms with Crippen LogP contribution in [0.2, 0.25) is 0 Å². The first kappa shape index (κ1) is 10.0. The zero-order valence-electron chi connectivity index (χ0n) is 9.12. The van der Waals surface area contributed by atoms with Crippen molar-refractivity contribution in [2.24, 2.45) is 0 Å². The zero-order chi connectivity index (χ0) is 11.7. The minimum absolute atomic E-state index is 0.173. The van der Waals surface area contributed by atoms with E-state index in [0.29, 0.717) is 18.7 Å². The van der Waals surface area contributed by atoms with Crippen molar-refractivity contribution in [2.45, 2.75) is 13.1 Å². The highest BCUT2D eigenvalue weighted by Crippen LogP contribution is 2.15. The van der Waals surface area contributed by atoms with Crippen LogP contribution >= 0.6 is 0 Å². The van der Waals surface area contributed by atoms with Gasteiger partial charge in [0.2, 0.25) is 0 Å². The molecule has 0 saturated heterocycles. The van der Waals surface area contributed by atoms with Gasteiger partial charge >= 0.3 is 0 Å². The molecular weight excluding hydrogens is 219 g/mol. The van der Waals surface area contributed by atoms with E-state index >= 15 is 0 Å². The van der Waals surface area contributed by atoms with Gasteiger partial charge in [0.25, 0.3) is 0 Å². The molecule has 2 aromatic rings. The first-order valence-corrected chi connectivity index (χ1v) is 5.37. The van der Waals surface area contributed by atoms with Gasteiger partial charge in [0.1, 0.15) is 12.1 Å². The molecule has 0 bridgehead atoms. The highest BCUT2D eigenvalue weighted by molar-refractivity contribution is 5.27. The summed E-state index contributed by atoms with van der Waals surface area (Å²) >= 11 is 0. The molecular formula is C12H11FN4. The summed E-state index contributed by atoms with van der Waals surface area (Å²) in [5.74, 6) is 0.691. The van der Waals surface area contributed by atoms with Crippen molar-refractivity contribution in [1.29, 1.82) is 0 Å². The number of nitrogens with zero attached hydrogens (tertiary/aromatic N) is 4. The molecule has 1 aliphatic rings. The fourth-order valence-corrected chi connectivity index (χ4v) is 1.86. The molecule has 2 heterocycles. The average molecular weight is 230 g/mol. The predicted octanol–water partition coefficient (Wildman–Crippen LogP) is 1.86. The Labute approximate surface area is 98.0 Å². The Balaban J connectivity index is 1.78. The summed E-state index contributed by atoms with van der Waals surface area (Å²) in [6.45, 7) is 1.18. The molecule has 1 aliphatic heterocycles. The predicted molar refractivity (Wildman–Crippen MR) is 61.0 cm³/mol. The van der Waals surface area contributed by atoms with Crippen LogP contribution in [0.4, 0.5) is 4.39 Å². The number of rotatable bonds is 2. The van der Waals surface area contributed by atoms with Gasteiger partial charge in [-0.15, -0.1) is 10.2 Å². The van der Waals surface area contributed by atoms with E-state index in [2.05, 4.69) is 10.2 Å². The molecule has 0 saturated carbocycles. The van der Waals surface area contributed by atoms with Crippen molar-refractivity contribution >= 4 is 6.20 Å². The third-order valence-electron chi connectivity index (χ3n) is 2.76. The maximum Gasteiger partial charge on any atom is 0.156 e. The number of aromatic nitrogens is 3. The van der Waals surface area contributed by atoms with Crippen LogP contribution in [0.25, 0.3) is 6.20 Å². The lowest BCUT2D eigenvalue weighted by atomic mass is 10.2. The van der Waals surface area contributed by atoms with Gasteiger partial charge in [0.05, 0.1) is 6.54 Å². The Morgan fingerprint density at radius 3 is 3.00 bits per heavy atom. The molecule has 86 valence electrons. The molecule has 0 N–H and O–H groups in total. The molecule has 0 atom stereocenters. The third kappa shape index (κ3) is 1.91. The lowest BCUT2D eigenvalue weighted by molar-refractivity contribution is 0.336. The molecule has 3 rings (SSSR count). The standard InChI is InChI=1S/C12H11FN4/c13-11-4-2-1-3-10(11)7-16-5-6-17-9-14-15-12(17)8-16/h1-6,9H,7-8H2. The fraction of sp³-hybridized carbons (Fsp3) is 0.167. The molecule has 1 aromatic carbocycles. The Bertz CT molecular complexity index is 561. The van der Waals surface area contributed by atoms with Crippen LogP contribution in [0.1, 0.15) is 11.4 Å². The van der Waals surface area contributed by atoms with Crippen LogP contribution in [-0.2, 0) is 13.1 Å². The van der Waals surface area contributed by atoms with Crippen molar-refractivity contribution in [2.75, 3.05) is 0 Å². The Kier molecular flexibility index (Phi) is 2.36. The van der Waals surface area contributed by atoms with E-state index in [4.69, 9.17) is 0 Å². The number of benzene rings is 1. The normalized spacial score (nSPS) is 13.8. The van der Waals surface area contributed by atoms with Gasteiger partial charge < -0.3 is 4.90 Å². The van der Waals surface area contributed by atoms with Gasteiger partial charge in [-0.05, 0) is 6.07 Å². The molecule has 0 aliphatic carbocycles. The zero-order valence-corrected chi connectivity index (χ0v) is 9.12. The molecule has 5 heteroatoms. The molecule has 4 nitrogen and oxygen atoms in total. The van der Waals surface area contributed by atoms with Crippen molar-refractivity contribution in [3.63, 3.8) is 0 Å². The van der Waals surface area contributed by atoms with E-state index < -0.39 is 0 Å². The van der Waals surface area contributed by atoms with Crippen LogP contribution in [0.5, 0.6) is 0 Å². The van der Waals surface area contributed by atoms with Gasteiger partial charge in [-0.2, -0.15) is 0 Å². The summed E-state index contributed by atoms with van der Waals surface area (Å²) in [5.41, 5.74) is 0.685. The topological polar surface area (TPSA) is 34.0 Å². The molecule has 0 radical (unpaired) electrons. The molecule has 0 fully saturated rings. The molecule has 0 amide bonds. The van der Waals surface area contributed by atoms with Crippen molar-refractivity contribution in [1.82, 2.24) is 19.7 Å². The molecule has 1 aromatic heterocycles. The van der Waals surface area contributed by atoms with Crippen molar-refractivity contribution in [3.8, 4) is 0 Å². The number of hydrogen-bond acceptors (Lipinski definition) is 3. The van der Waals surface area contributed by atoms with E-state index in [1.54, 1.807) is 18.5 Å². The van der Waals surface area contributed by atoms with Crippen LogP contribution in [0.15, 0.2) is 36.8 Å². The summed E-state index contributed by atoms with van der Waals surface area (Å²) in [5, 5.41) is 7.82. The quantitative estimate of drug-likeness (QED) is 0.789. The SMILES string of the molecule is Fc1ccccc1CN1C=Cn2cnnc2C1. The molecule has 17 heavy (non-hydrogen) atoms. The Morgan fingerprint density at radius 2 is 2.12 bits per heavy atom. The van der Waals surface area contributed by atoms with Crippen molar-refractivity contribution < 1.29 is 4.39 Å². The number of fused-ring (bicyclic) bond motifs is 1. The summed E-state index contributed by atoms with van der Waals surface area (Å²) < 4.78 is 15.4. The van der Waals surface area contributed by atoms with E-state index in [-0.39, 0.29) is 5.82 Å². The Hall–Kier alpha value is -2.17. The molecule has 0 unspecified atom stereocenters. The van der Waals surface area contributed by atoms with Gasteiger partial charge in [0, 0.05) is 24.5 Å². The largest absolute Gasteiger partial charge is 0.364 e. The summed E-state index contributed by atoms with van der Waals surface area (Å²) in [6, 6.07) is 6.81. The Morgan fingerprint density at radius 1 is 1.24 bits per heavy atom. The summed E-state index contributed by atoms with van der Waals surface area (Å²) in [4.78, 5) is 2.00. The third-order valence-corrected chi connectivity index (χ3v) is 2.76. The van der Waals surface area contributed by atoms with Gasteiger partial charge in [-0.3, -0.25) is 4.57 Å². The second-order valence-corrected chi connectivity index (χ2v) is 3.95. The smallest absolute Gasteiger partial charge is 0.156 e. The summed E-state index contributed by atoms with van der Waals surface area (Å²) in [6.07, 6.45) is 5.45. The lowest BCUT2D eigenvalue weighted by Gasteiger charge is -2.23. The van der Waals surface area contributed by atoms with Gasteiger partial charge in [-0.1, -0.05) is 18.2 Å². The fourth-order valence-electron chi connectivity index (χ4n) is 1.86. The highest BCUT2D eigenvalue weighted by Gasteiger charge is 2.13. The van der Waals surface area contributed by atoms with Crippen LogP contribution in [0, 0.1) is 5.82 Å². The maximum atomic E-state index is 13.5. The maximum absolute atomic E-state index is 13.5. The summed E-state index contributed by atoms with van der Waals surface area (Å²) in [7, 11) is 0. The van der Waals surface area contributed by atoms with E-state index in [0.717, 1.165) is 5.82 Å². The molecule has 0 spiro atoms. The first-order valence-electron chi connectivity index (χ1n) is 5.37. The van der Waals surface area contributed by atoms with E-state index in [1.165, 1.54) is 6.07 Å². The van der Waals surface area contributed by atoms with Crippen molar-refractivity contribution in [3.05, 3.63) is 54.0 Å². The monoisotopic (exact) mass is 230 g/mol. The second-order valence-electron chi connectivity index (χ2n) is 3.95. The average Bonchev–Trinajstić information content (AvgIpc) is 2.79. The highest BCUT2D eigenvalue weighted by atomic mass is 19.1. The number of halogens is 1. The van der Waals surface area contributed by atoms with Crippen LogP contribution < -0.4 is 0 Å². The minimum atomic E-state index is -0.173. The van der Waals surface area contributed by atoms with Crippen LogP contribution in [-0.4, -0.2) is 19.7 Å². The lowest BCUT2D eigenvalue weighted by Crippen LogP contribution is -2.22. The number of hydrogen-bond donors (Lipinski definition) is 0. The van der Waals surface area contributed by atoms with Crippen LogP contribution in [0.3, 0.4) is 0 Å². The van der Waals surface area contributed by atoms with E-state index in [9.17, 15) is 4.39 Å². The van der Waals surface area contributed by atoms with E-state index in [1.807, 2.05) is 27.9 Å². The van der Waals surface area contributed by atoms with Gasteiger partial charge in [0.15, 0.2) is 5.82 Å². The first-order chi connectivity index (χ1) is 8.33. The minimum Gasteiger partial charge on any atom is -0.364 e.